The molecule has 2 aromatic heterocycles. The summed E-state index contributed by atoms with van der Waals surface area (Å²) in [5.74, 6) is -1.30. The summed E-state index contributed by atoms with van der Waals surface area (Å²) in [6.45, 7) is 2.34. The normalized spacial score (nSPS) is 22.7. The fraction of sp³-hybridized carbons (Fsp3) is 0.435. The number of oxazole rings is 1. The number of carbonyl (C=O) groups excluding carboxylic acids is 1. The second-order valence-corrected chi connectivity index (χ2v) is 8.98. The Bertz CT molecular complexity index is 1240. The average Bonchev–Trinajstić information content (AvgIpc) is 3.53. The van der Waals surface area contributed by atoms with Crippen LogP contribution < -0.4 is 5.32 Å². The van der Waals surface area contributed by atoms with Gasteiger partial charge in [0.1, 0.15) is 11.6 Å². The molecule has 10 heteroatoms. The van der Waals surface area contributed by atoms with E-state index in [0.29, 0.717) is 52.0 Å². The maximum Gasteiger partial charge on any atom is 0.373 e. The van der Waals surface area contributed by atoms with E-state index in [0.717, 1.165) is 25.7 Å². The Labute approximate surface area is 194 Å². The van der Waals surface area contributed by atoms with Crippen LogP contribution in [0.1, 0.15) is 60.0 Å². The number of carboxylic acid groups (broad SMARTS) is 1. The lowest BCUT2D eigenvalue weighted by molar-refractivity contribution is -0.130. The molecule has 172 valence electrons. The number of carboxylic acids is 1. The van der Waals surface area contributed by atoms with Gasteiger partial charge >= 0.3 is 5.97 Å². The first-order valence-corrected chi connectivity index (χ1v) is 11.4. The van der Waals surface area contributed by atoms with E-state index in [-0.39, 0.29) is 29.8 Å². The Morgan fingerprint density at radius 3 is 2.79 bits per heavy atom. The van der Waals surface area contributed by atoms with Crippen molar-refractivity contribution in [2.75, 3.05) is 6.61 Å². The zero-order valence-electron chi connectivity index (χ0n) is 18.0. The van der Waals surface area contributed by atoms with E-state index in [1.807, 2.05) is 0 Å². The molecule has 2 fully saturated rings. The Morgan fingerprint density at radius 2 is 2.03 bits per heavy atom. The summed E-state index contributed by atoms with van der Waals surface area (Å²) in [4.78, 5) is 37.3. The quantitative estimate of drug-likeness (QED) is 0.575. The van der Waals surface area contributed by atoms with Gasteiger partial charge < -0.3 is 19.6 Å². The standard InChI is InChI=1S/C23H23ClN4O5/c1-11-18(22-27-15-7-5-13(24)10-17(15)33-22)19(28-20(25-11)23(30)31)12-4-6-14(9-12)26-21(29)16-3-2-8-32-16/h5,7,10,12,14,16H,2-4,6,8-9H2,1H3,(H,26,29)(H,30,31)/t12-,14+,16+/m1/s1. The molecule has 1 aromatic carbocycles. The SMILES string of the molecule is Cc1nc(C(=O)O)nc([C@@H]2CC[C@H](NC(=O)[C@@H]3CCCO3)C2)c1-c1nc2ccc(Cl)cc2o1. The zero-order chi connectivity index (χ0) is 23.1. The number of hydrogen-bond acceptors (Lipinski definition) is 7. The van der Waals surface area contributed by atoms with Crippen molar-refractivity contribution in [3.8, 4) is 11.5 Å². The molecule has 1 saturated heterocycles. The summed E-state index contributed by atoms with van der Waals surface area (Å²) >= 11 is 6.08. The van der Waals surface area contributed by atoms with Crippen molar-refractivity contribution in [3.05, 3.63) is 40.4 Å². The van der Waals surface area contributed by atoms with E-state index >= 15 is 0 Å². The number of benzene rings is 1. The maximum atomic E-state index is 12.5. The van der Waals surface area contributed by atoms with E-state index in [2.05, 4.69) is 20.3 Å². The molecule has 3 heterocycles. The second kappa shape index (κ2) is 8.72. The Balaban J connectivity index is 1.48. The van der Waals surface area contributed by atoms with Crippen LogP contribution in [0, 0.1) is 6.92 Å². The zero-order valence-corrected chi connectivity index (χ0v) is 18.8. The number of nitrogens with one attached hydrogen (secondary N) is 1. The summed E-state index contributed by atoms with van der Waals surface area (Å²) in [5, 5.41) is 13.1. The van der Waals surface area contributed by atoms with E-state index in [1.165, 1.54) is 0 Å². The number of aromatic nitrogens is 3. The molecule has 0 radical (unpaired) electrons. The second-order valence-electron chi connectivity index (χ2n) is 8.55. The fourth-order valence-electron chi connectivity index (χ4n) is 4.70. The molecule has 0 spiro atoms. The van der Waals surface area contributed by atoms with Gasteiger partial charge in [-0.25, -0.2) is 19.7 Å². The highest BCUT2D eigenvalue weighted by molar-refractivity contribution is 6.31. The van der Waals surface area contributed by atoms with Crippen molar-refractivity contribution >= 4 is 34.6 Å². The summed E-state index contributed by atoms with van der Waals surface area (Å²) in [6.07, 6.45) is 3.38. The fourth-order valence-corrected chi connectivity index (χ4v) is 4.86. The Kier molecular flexibility index (Phi) is 5.76. The van der Waals surface area contributed by atoms with E-state index in [1.54, 1.807) is 25.1 Å². The van der Waals surface area contributed by atoms with Gasteiger partial charge in [-0.05, 0) is 51.2 Å². The first kappa shape index (κ1) is 21.8. The summed E-state index contributed by atoms with van der Waals surface area (Å²) in [6, 6.07) is 5.14. The van der Waals surface area contributed by atoms with Crippen LogP contribution in [-0.2, 0) is 9.53 Å². The third-order valence-corrected chi connectivity index (χ3v) is 6.50. The minimum atomic E-state index is -1.20. The molecule has 2 N–H and O–H groups in total. The van der Waals surface area contributed by atoms with Crippen molar-refractivity contribution in [1.29, 1.82) is 0 Å². The number of hydrogen-bond donors (Lipinski definition) is 2. The molecule has 1 aliphatic carbocycles. The van der Waals surface area contributed by atoms with Gasteiger partial charge in [0.05, 0.1) is 17.0 Å². The van der Waals surface area contributed by atoms with Crippen molar-refractivity contribution in [2.24, 2.45) is 0 Å². The van der Waals surface area contributed by atoms with Crippen molar-refractivity contribution < 1.29 is 23.8 Å². The highest BCUT2D eigenvalue weighted by Gasteiger charge is 2.34. The molecular weight excluding hydrogens is 448 g/mol. The Morgan fingerprint density at radius 1 is 1.18 bits per heavy atom. The molecule has 0 bridgehead atoms. The summed E-state index contributed by atoms with van der Waals surface area (Å²) < 4.78 is 11.4. The molecule has 5 rings (SSSR count). The average molecular weight is 471 g/mol. The minimum absolute atomic E-state index is 0.0365. The van der Waals surface area contributed by atoms with E-state index < -0.39 is 5.97 Å². The van der Waals surface area contributed by atoms with Crippen LogP contribution >= 0.6 is 11.6 Å². The Hall–Kier alpha value is -3.04. The number of aromatic carboxylic acids is 1. The molecule has 0 unspecified atom stereocenters. The van der Waals surface area contributed by atoms with Crippen LogP contribution in [0.15, 0.2) is 22.6 Å². The molecule has 1 amide bonds. The van der Waals surface area contributed by atoms with Crippen LogP contribution in [0.5, 0.6) is 0 Å². The molecule has 3 atom stereocenters. The monoisotopic (exact) mass is 470 g/mol. The van der Waals surface area contributed by atoms with Crippen LogP contribution in [0.25, 0.3) is 22.6 Å². The van der Waals surface area contributed by atoms with Crippen molar-refractivity contribution in [1.82, 2.24) is 20.3 Å². The van der Waals surface area contributed by atoms with Crippen LogP contribution in [-0.4, -0.2) is 50.7 Å². The van der Waals surface area contributed by atoms with Crippen molar-refractivity contribution in [3.63, 3.8) is 0 Å². The molecule has 2 aliphatic rings. The topological polar surface area (TPSA) is 127 Å². The maximum absolute atomic E-state index is 12.5. The van der Waals surface area contributed by atoms with Gasteiger partial charge in [0.15, 0.2) is 5.58 Å². The minimum Gasteiger partial charge on any atom is -0.475 e. The van der Waals surface area contributed by atoms with Crippen LogP contribution in [0.4, 0.5) is 0 Å². The third kappa shape index (κ3) is 4.30. The number of carbonyl (C=O) groups is 2. The number of rotatable bonds is 5. The van der Waals surface area contributed by atoms with Crippen molar-refractivity contribution in [2.45, 2.75) is 57.1 Å². The van der Waals surface area contributed by atoms with E-state index in [4.69, 9.17) is 20.8 Å². The van der Waals surface area contributed by atoms with Gasteiger partial charge in [-0.2, -0.15) is 0 Å². The lowest BCUT2D eigenvalue weighted by Gasteiger charge is -2.18. The number of fused-ring (bicyclic) bond motifs is 1. The molecule has 1 saturated carbocycles. The predicted octanol–water partition coefficient (Wildman–Crippen LogP) is 3.88. The number of amides is 1. The van der Waals surface area contributed by atoms with Gasteiger partial charge in [-0.1, -0.05) is 11.6 Å². The highest BCUT2D eigenvalue weighted by atomic mass is 35.5. The lowest BCUT2D eigenvalue weighted by atomic mass is 9.97. The molecule has 1 aliphatic heterocycles. The van der Waals surface area contributed by atoms with Gasteiger partial charge in [0.25, 0.3) is 0 Å². The number of halogens is 1. The van der Waals surface area contributed by atoms with Gasteiger partial charge in [-0.3, -0.25) is 4.79 Å². The smallest absolute Gasteiger partial charge is 0.373 e. The van der Waals surface area contributed by atoms with Gasteiger partial charge in [0, 0.05) is 29.7 Å². The van der Waals surface area contributed by atoms with Crippen LogP contribution in [0.2, 0.25) is 5.02 Å². The van der Waals surface area contributed by atoms with E-state index in [9.17, 15) is 14.7 Å². The number of ether oxygens (including phenoxy) is 1. The third-order valence-electron chi connectivity index (χ3n) is 6.26. The number of aryl methyl sites for hydroxylation is 1. The lowest BCUT2D eigenvalue weighted by Crippen LogP contribution is -2.40. The number of nitrogens with zero attached hydrogens (tertiary/aromatic N) is 3. The first-order chi connectivity index (χ1) is 15.9. The van der Waals surface area contributed by atoms with Crippen LogP contribution in [0.3, 0.4) is 0 Å². The largest absolute Gasteiger partial charge is 0.475 e. The highest BCUT2D eigenvalue weighted by Crippen LogP contribution is 2.40. The first-order valence-electron chi connectivity index (χ1n) is 11.0. The molecular formula is C23H23ClN4O5. The molecule has 3 aromatic rings. The predicted molar refractivity (Wildman–Crippen MR) is 119 cm³/mol. The summed E-state index contributed by atoms with van der Waals surface area (Å²) in [7, 11) is 0. The van der Waals surface area contributed by atoms with Gasteiger partial charge in [0.2, 0.25) is 17.6 Å². The summed E-state index contributed by atoms with van der Waals surface area (Å²) in [5.41, 5.74) is 2.80. The molecule has 33 heavy (non-hydrogen) atoms. The molecule has 9 nitrogen and oxygen atoms in total. The van der Waals surface area contributed by atoms with Gasteiger partial charge in [-0.15, -0.1) is 0 Å².